The van der Waals surface area contributed by atoms with Crippen LogP contribution in [0.1, 0.15) is 60.2 Å². The van der Waals surface area contributed by atoms with Crippen LogP contribution in [0.4, 0.5) is 0 Å². The number of aromatic carboxylic acids is 2. The Hall–Kier alpha value is -1.12. The molecule has 0 aliphatic rings. The number of unbranched alkanes of at least 4 members (excludes halogenated alkanes) is 2. The maximum absolute atomic E-state index is 10.7. The molecule has 0 saturated heterocycles. The number of carbonyl (C=O) groups is 2. The second kappa shape index (κ2) is 19.6. The summed E-state index contributed by atoms with van der Waals surface area (Å²) in [4.78, 5) is 27.7. The second-order valence-electron chi connectivity index (χ2n) is 6.47. The van der Waals surface area contributed by atoms with E-state index in [1.54, 1.807) is 47.8 Å². The van der Waals surface area contributed by atoms with E-state index in [0.29, 0.717) is 11.1 Å². The third-order valence-electron chi connectivity index (χ3n) is 3.72. The summed E-state index contributed by atoms with van der Waals surface area (Å²) in [6.45, 7) is 4.23. The van der Waals surface area contributed by atoms with E-state index >= 15 is 0 Å². The predicted octanol–water partition coefficient (Wildman–Crippen LogP) is 4.67. The van der Waals surface area contributed by atoms with Crippen LogP contribution in [0.2, 0.25) is 9.88 Å². The van der Waals surface area contributed by atoms with Crippen molar-refractivity contribution in [3.05, 3.63) is 59.7 Å². The topological polar surface area (TPSA) is 80.3 Å². The van der Waals surface area contributed by atoms with E-state index < -0.39 is 11.9 Å². The molecular weight excluding hydrogens is 535 g/mol. The van der Waals surface area contributed by atoms with Crippen molar-refractivity contribution in [2.45, 2.75) is 59.2 Å². The van der Waals surface area contributed by atoms with Gasteiger partial charge in [-0.05, 0) is 36.5 Å². The fourth-order valence-corrected chi connectivity index (χ4v) is 4.44. The SMILES string of the molecule is CCCCSc1ccccc1C(=O)[O-].CCCCSc1ccccc1C(=O)[O-].[CH3][Sn+2][CH3]. The van der Waals surface area contributed by atoms with Crippen molar-refractivity contribution >= 4 is 56.6 Å². The molecule has 0 spiro atoms. The summed E-state index contributed by atoms with van der Waals surface area (Å²) in [7, 11) is 0. The number of thioether (sulfide) groups is 2. The molecule has 0 aromatic heterocycles. The van der Waals surface area contributed by atoms with Gasteiger partial charge in [0, 0.05) is 20.9 Å². The summed E-state index contributed by atoms with van der Waals surface area (Å²) in [6, 6.07) is 14.0. The van der Waals surface area contributed by atoms with E-state index in [1.165, 1.54) is 0 Å². The molecule has 7 heteroatoms. The van der Waals surface area contributed by atoms with Crippen LogP contribution >= 0.6 is 23.5 Å². The summed E-state index contributed by atoms with van der Waals surface area (Å²) in [5.74, 6) is -0.268. The zero-order valence-corrected chi connectivity index (χ0v) is 23.3. The van der Waals surface area contributed by atoms with E-state index in [4.69, 9.17) is 0 Å². The first kappa shape index (κ1) is 29.9. The number of hydrogen-bond donors (Lipinski definition) is 0. The van der Waals surface area contributed by atoms with E-state index in [1.807, 2.05) is 24.3 Å². The Bertz CT molecular complexity index is 705. The van der Waals surface area contributed by atoms with E-state index in [0.717, 1.165) is 47.0 Å². The second-order valence-corrected chi connectivity index (χ2v) is 11.6. The van der Waals surface area contributed by atoms with Crippen LogP contribution < -0.4 is 10.2 Å². The molecule has 0 fully saturated rings. The van der Waals surface area contributed by atoms with E-state index in [2.05, 4.69) is 23.7 Å². The van der Waals surface area contributed by atoms with Gasteiger partial charge in [0.25, 0.3) is 0 Å². The van der Waals surface area contributed by atoms with Gasteiger partial charge in [0.2, 0.25) is 0 Å². The van der Waals surface area contributed by atoms with Gasteiger partial charge >= 0.3 is 31.0 Å². The Kier molecular flexibility index (Phi) is 18.8. The molecule has 0 unspecified atom stereocenters. The number of carbonyl (C=O) groups excluding carboxylic acids is 2. The van der Waals surface area contributed by atoms with Crippen LogP contribution in [0.5, 0.6) is 0 Å². The Morgan fingerprint density at radius 1 is 0.742 bits per heavy atom. The monoisotopic (exact) mass is 568 g/mol. The Labute approximate surface area is 205 Å². The van der Waals surface area contributed by atoms with Gasteiger partial charge in [0.05, 0.1) is 11.9 Å². The molecule has 2 aromatic carbocycles. The third-order valence-corrected chi connectivity index (χ3v) is 6.04. The average Bonchev–Trinajstić information content (AvgIpc) is 2.75. The van der Waals surface area contributed by atoms with Crippen molar-refractivity contribution in [3.63, 3.8) is 0 Å². The minimum absolute atomic E-state index is 0.230. The summed E-state index contributed by atoms with van der Waals surface area (Å²) in [6.07, 6.45) is 4.46. The van der Waals surface area contributed by atoms with Crippen LogP contribution in [0.3, 0.4) is 0 Å². The predicted molar refractivity (Wildman–Crippen MR) is 130 cm³/mol. The quantitative estimate of drug-likeness (QED) is 0.236. The van der Waals surface area contributed by atoms with Crippen LogP contribution in [-0.2, 0) is 0 Å². The fourth-order valence-electron chi connectivity index (χ4n) is 2.18. The number of hydrogen-bond acceptors (Lipinski definition) is 6. The molecule has 0 saturated carbocycles. The fraction of sp³-hybridized carbons (Fsp3) is 0.417. The molecule has 0 radical (unpaired) electrons. The first-order valence-corrected chi connectivity index (χ1v) is 18.1. The summed E-state index contributed by atoms with van der Waals surface area (Å²) >= 11 is 3.39. The minimum atomic E-state index is -1.09. The number of carboxylic acid groups (broad SMARTS) is 2. The van der Waals surface area contributed by atoms with Crippen molar-refractivity contribution < 1.29 is 19.8 Å². The molecule has 0 bridgehead atoms. The van der Waals surface area contributed by atoms with Gasteiger partial charge in [-0.25, -0.2) is 0 Å². The molecule has 2 aromatic rings. The van der Waals surface area contributed by atoms with E-state index in [-0.39, 0.29) is 21.1 Å². The van der Waals surface area contributed by atoms with Crippen molar-refractivity contribution in [2.75, 3.05) is 11.5 Å². The maximum atomic E-state index is 10.7. The first-order chi connectivity index (χ1) is 14.9. The molecular formula is C24H32O4S2Sn. The first-order valence-electron chi connectivity index (χ1n) is 10.4. The van der Waals surface area contributed by atoms with Crippen molar-refractivity contribution in [1.82, 2.24) is 0 Å². The summed E-state index contributed by atoms with van der Waals surface area (Å²) < 4.78 is 0. The number of rotatable bonds is 10. The third kappa shape index (κ3) is 13.8. The van der Waals surface area contributed by atoms with Crippen LogP contribution in [0.25, 0.3) is 0 Å². The van der Waals surface area contributed by atoms with Crippen LogP contribution in [0.15, 0.2) is 58.3 Å². The van der Waals surface area contributed by atoms with Crippen LogP contribution in [0, 0.1) is 0 Å². The zero-order valence-electron chi connectivity index (χ0n) is 18.8. The van der Waals surface area contributed by atoms with Crippen molar-refractivity contribution in [3.8, 4) is 0 Å². The Balaban J connectivity index is 0.000000516. The van der Waals surface area contributed by atoms with Gasteiger partial charge in [-0.15, -0.1) is 23.5 Å². The summed E-state index contributed by atoms with van der Waals surface area (Å²) in [5.41, 5.74) is 0.599. The molecule has 0 amide bonds. The summed E-state index contributed by atoms with van der Waals surface area (Å²) in [5, 5.41) is 21.5. The van der Waals surface area contributed by atoms with Crippen LogP contribution in [-0.4, -0.2) is 44.6 Å². The molecule has 4 nitrogen and oxygen atoms in total. The normalized spacial score (nSPS) is 9.42. The van der Waals surface area contributed by atoms with Gasteiger partial charge < -0.3 is 19.8 Å². The molecule has 31 heavy (non-hydrogen) atoms. The zero-order chi connectivity index (χ0) is 23.5. The molecule has 0 N–H and O–H groups in total. The average molecular weight is 567 g/mol. The standard InChI is InChI=1S/2C11H14O2S.2CH3.Sn/c2*1-2-3-8-14-10-7-5-4-6-9(10)11(12)13;;;/h2*4-7H,2-3,8H2,1H3,(H,12,13);2*1H3;/q;;;;+2/p-2. The van der Waals surface area contributed by atoms with Gasteiger partial charge in [-0.3, -0.25) is 0 Å². The molecule has 0 aliphatic carbocycles. The van der Waals surface area contributed by atoms with Gasteiger partial charge in [-0.2, -0.15) is 0 Å². The molecule has 0 heterocycles. The van der Waals surface area contributed by atoms with Crippen molar-refractivity contribution in [1.29, 1.82) is 0 Å². The van der Waals surface area contributed by atoms with Gasteiger partial charge in [0.15, 0.2) is 0 Å². The van der Waals surface area contributed by atoms with Gasteiger partial charge in [0.1, 0.15) is 0 Å². The number of carboxylic acids is 2. The molecule has 0 atom stereocenters. The molecule has 168 valence electrons. The molecule has 0 aliphatic heterocycles. The Morgan fingerprint density at radius 3 is 1.35 bits per heavy atom. The molecule has 2 rings (SSSR count). The number of benzene rings is 2. The van der Waals surface area contributed by atoms with E-state index in [9.17, 15) is 19.8 Å². The van der Waals surface area contributed by atoms with Gasteiger partial charge in [-0.1, -0.05) is 63.1 Å². The Morgan fingerprint density at radius 2 is 1.06 bits per heavy atom. The van der Waals surface area contributed by atoms with Crippen molar-refractivity contribution in [2.24, 2.45) is 0 Å².